The monoisotopic (exact) mass is 309 g/mol. The van der Waals surface area contributed by atoms with Gasteiger partial charge in [-0.25, -0.2) is 9.59 Å². The summed E-state index contributed by atoms with van der Waals surface area (Å²) in [6.07, 6.45) is -3.09. The summed E-state index contributed by atoms with van der Waals surface area (Å²) in [5, 5.41) is 1.90. The number of amides is 2. The van der Waals surface area contributed by atoms with E-state index in [-0.39, 0.29) is 6.61 Å². The molecule has 0 bridgehead atoms. The first-order valence-corrected chi connectivity index (χ1v) is 6.49. The summed E-state index contributed by atoms with van der Waals surface area (Å²) in [5.74, 6) is -0.607. The van der Waals surface area contributed by atoms with E-state index in [2.05, 4.69) is 4.74 Å². The normalized spacial score (nSPS) is 17.1. The van der Waals surface area contributed by atoms with Gasteiger partial charge in [0.25, 0.3) is 5.91 Å². The number of hydrogen-bond acceptors (Lipinski definition) is 7. The molecular weight excluding hydrogens is 294 g/mol. The van der Waals surface area contributed by atoms with Crippen molar-refractivity contribution in [3.63, 3.8) is 0 Å². The highest BCUT2D eigenvalue weighted by molar-refractivity contribution is 5.95. The number of alkyl carbamates (subject to hydrolysis) is 1. The van der Waals surface area contributed by atoms with Crippen molar-refractivity contribution < 1.29 is 33.3 Å². The van der Waals surface area contributed by atoms with E-state index in [0.717, 1.165) is 7.11 Å². The number of nitrogens with one attached hydrogen (secondary N) is 1. The van der Waals surface area contributed by atoms with Gasteiger partial charge in [0.15, 0.2) is 17.6 Å². The maximum absolute atomic E-state index is 12.0. The first-order valence-electron chi connectivity index (χ1n) is 6.49. The number of esters is 1. The molecule has 0 spiro atoms. The van der Waals surface area contributed by atoms with E-state index in [1.807, 2.05) is 5.32 Å². The molecule has 8 nitrogen and oxygen atoms in total. The molecule has 118 valence electrons. The molecule has 0 aromatic heterocycles. The third-order valence-corrected chi connectivity index (χ3v) is 2.84. The number of methoxy groups -OCH3 is 1. The Hall–Kier alpha value is -2.77. The molecule has 0 fully saturated rings. The number of imide groups is 1. The van der Waals surface area contributed by atoms with Gasteiger partial charge in [-0.2, -0.15) is 0 Å². The second kappa shape index (κ2) is 6.79. The quantitative estimate of drug-likeness (QED) is 0.818. The predicted octanol–water partition coefficient (Wildman–Crippen LogP) is 0.641. The molecule has 1 aromatic carbocycles. The molecule has 1 aliphatic rings. The lowest BCUT2D eigenvalue weighted by molar-refractivity contribution is -0.163. The van der Waals surface area contributed by atoms with Gasteiger partial charge in [0.05, 0.1) is 7.11 Å². The summed E-state index contributed by atoms with van der Waals surface area (Å²) >= 11 is 0. The lowest BCUT2D eigenvalue weighted by Gasteiger charge is -2.25. The first-order chi connectivity index (χ1) is 10.5. The maximum atomic E-state index is 12.0. The van der Waals surface area contributed by atoms with E-state index < -0.39 is 30.2 Å². The smallest absolute Gasteiger partial charge is 0.413 e. The van der Waals surface area contributed by atoms with Gasteiger partial charge in [-0.3, -0.25) is 10.1 Å². The Labute approximate surface area is 126 Å². The van der Waals surface area contributed by atoms with Crippen LogP contribution in [0.3, 0.4) is 0 Å². The summed E-state index contributed by atoms with van der Waals surface area (Å²) in [6, 6.07) is 6.88. The van der Waals surface area contributed by atoms with E-state index in [1.54, 1.807) is 24.3 Å². The van der Waals surface area contributed by atoms with Gasteiger partial charge in [0, 0.05) is 0 Å². The molecule has 2 rings (SSSR count). The fourth-order valence-electron chi connectivity index (χ4n) is 1.69. The van der Waals surface area contributed by atoms with Gasteiger partial charge in [-0.1, -0.05) is 12.1 Å². The van der Waals surface area contributed by atoms with E-state index in [4.69, 9.17) is 14.2 Å². The molecule has 1 N–H and O–H groups in total. The van der Waals surface area contributed by atoms with Crippen LogP contribution in [0.25, 0.3) is 0 Å². The highest BCUT2D eigenvalue weighted by atomic mass is 16.6. The van der Waals surface area contributed by atoms with Gasteiger partial charge in [0.1, 0.15) is 6.61 Å². The third-order valence-electron chi connectivity index (χ3n) is 2.84. The molecule has 1 aromatic rings. The molecule has 0 unspecified atom stereocenters. The number of para-hydroxylation sites is 2. The summed E-state index contributed by atoms with van der Waals surface area (Å²) in [4.78, 5) is 34.4. The van der Waals surface area contributed by atoms with Crippen LogP contribution in [0.5, 0.6) is 11.5 Å². The Morgan fingerprint density at radius 2 is 1.95 bits per heavy atom. The van der Waals surface area contributed by atoms with Crippen LogP contribution in [0.4, 0.5) is 4.79 Å². The minimum absolute atomic E-state index is 0.0266. The minimum Gasteiger partial charge on any atom is -0.485 e. The summed E-state index contributed by atoms with van der Waals surface area (Å²) in [6.45, 7) is 1.30. The second-order valence-electron chi connectivity index (χ2n) is 4.42. The molecule has 8 heteroatoms. The van der Waals surface area contributed by atoms with Crippen LogP contribution in [-0.4, -0.2) is 43.9 Å². The Balaban J connectivity index is 1.90. The van der Waals surface area contributed by atoms with Crippen molar-refractivity contribution in [2.75, 3.05) is 13.7 Å². The lowest BCUT2D eigenvalue weighted by atomic mass is 10.2. The number of hydrogen-bond donors (Lipinski definition) is 1. The number of ether oxygens (including phenoxy) is 4. The van der Waals surface area contributed by atoms with Crippen molar-refractivity contribution in [1.29, 1.82) is 0 Å². The second-order valence-corrected chi connectivity index (χ2v) is 4.42. The van der Waals surface area contributed by atoms with Crippen LogP contribution in [0.1, 0.15) is 6.92 Å². The predicted molar refractivity (Wildman–Crippen MR) is 72.5 cm³/mol. The Bertz CT molecular complexity index is 586. The molecule has 0 saturated heterocycles. The first kappa shape index (κ1) is 15.6. The number of benzene rings is 1. The highest BCUT2D eigenvalue weighted by Crippen LogP contribution is 2.31. The Kier molecular flexibility index (Phi) is 4.82. The SMILES string of the molecule is COC(=O)NC(=O)[C@H](C)OC(=O)[C@H]1COc2ccccc2O1. The molecule has 2 amide bonds. The third kappa shape index (κ3) is 3.66. The van der Waals surface area contributed by atoms with Crippen molar-refractivity contribution in [2.45, 2.75) is 19.1 Å². The van der Waals surface area contributed by atoms with Crippen LogP contribution in [0, 0.1) is 0 Å². The fraction of sp³-hybridized carbons (Fsp3) is 0.357. The average molecular weight is 309 g/mol. The molecular formula is C14H15NO7. The van der Waals surface area contributed by atoms with Crippen molar-refractivity contribution in [3.05, 3.63) is 24.3 Å². The van der Waals surface area contributed by atoms with Gasteiger partial charge in [-0.05, 0) is 19.1 Å². The molecule has 0 saturated carbocycles. The van der Waals surface area contributed by atoms with Gasteiger partial charge < -0.3 is 18.9 Å². The number of carbonyl (C=O) groups is 3. The largest absolute Gasteiger partial charge is 0.485 e. The standard InChI is InChI=1S/C14H15NO7/c1-8(12(16)15-14(18)19-2)21-13(17)11-7-20-9-5-3-4-6-10(9)22-11/h3-6,8,11H,7H2,1-2H3,(H,15,16,18)/t8-,11+/m0/s1. The lowest BCUT2D eigenvalue weighted by Crippen LogP contribution is -2.44. The van der Waals surface area contributed by atoms with Crippen molar-refractivity contribution in [1.82, 2.24) is 5.32 Å². The number of fused-ring (bicyclic) bond motifs is 1. The highest BCUT2D eigenvalue weighted by Gasteiger charge is 2.31. The van der Waals surface area contributed by atoms with Crippen LogP contribution in [0.15, 0.2) is 24.3 Å². The van der Waals surface area contributed by atoms with E-state index in [9.17, 15) is 14.4 Å². The van der Waals surface area contributed by atoms with Crippen LogP contribution in [-0.2, 0) is 19.1 Å². The van der Waals surface area contributed by atoms with E-state index in [1.165, 1.54) is 6.92 Å². The van der Waals surface area contributed by atoms with Gasteiger partial charge in [-0.15, -0.1) is 0 Å². The zero-order chi connectivity index (χ0) is 16.1. The van der Waals surface area contributed by atoms with E-state index in [0.29, 0.717) is 11.5 Å². The maximum Gasteiger partial charge on any atom is 0.413 e. The number of carbonyl (C=O) groups excluding carboxylic acids is 3. The Morgan fingerprint density at radius 3 is 2.64 bits per heavy atom. The average Bonchev–Trinajstić information content (AvgIpc) is 2.53. The summed E-state index contributed by atoms with van der Waals surface area (Å²) in [7, 11) is 1.12. The van der Waals surface area contributed by atoms with Crippen LogP contribution < -0.4 is 14.8 Å². The van der Waals surface area contributed by atoms with Crippen molar-refractivity contribution >= 4 is 18.0 Å². The topological polar surface area (TPSA) is 100 Å². The molecule has 0 radical (unpaired) electrons. The van der Waals surface area contributed by atoms with Crippen LogP contribution in [0.2, 0.25) is 0 Å². The van der Waals surface area contributed by atoms with Crippen molar-refractivity contribution in [2.24, 2.45) is 0 Å². The Morgan fingerprint density at radius 1 is 1.27 bits per heavy atom. The molecule has 2 atom stereocenters. The van der Waals surface area contributed by atoms with Crippen LogP contribution >= 0.6 is 0 Å². The zero-order valence-corrected chi connectivity index (χ0v) is 12.0. The molecule has 22 heavy (non-hydrogen) atoms. The fourth-order valence-corrected chi connectivity index (χ4v) is 1.69. The molecule has 1 heterocycles. The van der Waals surface area contributed by atoms with Gasteiger partial charge >= 0.3 is 12.1 Å². The van der Waals surface area contributed by atoms with Crippen molar-refractivity contribution in [3.8, 4) is 11.5 Å². The zero-order valence-electron chi connectivity index (χ0n) is 12.0. The van der Waals surface area contributed by atoms with Gasteiger partial charge in [0.2, 0.25) is 6.10 Å². The molecule has 0 aliphatic carbocycles. The molecule has 1 aliphatic heterocycles. The summed E-state index contributed by atoms with van der Waals surface area (Å²) in [5.41, 5.74) is 0. The minimum atomic E-state index is -1.17. The van der Waals surface area contributed by atoms with E-state index >= 15 is 0 Å². The number of rotatable bonds is 3. The summed E-state index contributed by atoms with van der Waals surface area (Å²) < 4.78 is 20.1.